The Labute approximate surface area is 220 Å². The van der Waals surface area contributed by atoms with Gasteiger partial charge in [0.1, 0.15) is 12.4 Å². The fourth-order valence-electron chi connectivity index (χ4n) is 4.29. The summed E-state index contributed by atoms with van der Waals surface area (Å²) >= 11 is 6.01. The Bertz CT molecular complexity index is 1300. The Hall–Kier alpha value is -4.04. The van der Waals surface area contributed by atoms with Crippen molar-refractivity contribution >= 4 is 29.1 Å². The Kier molecular flexibility index (Phi) is 8.30. The number of aryl methyl sites for hydroxylation is 1. The number of nitrogens with zero attached hydrogens (tertiary/aromatic N) is 3. The van der Waals surface area contributed by atoms with Crippen molar-refractivity contribution in [2.45, 2.75) is 25.9 Å². The average Bonchev–Trinajstić information content (AvgIpc) is 3.50. The molecule has 0 bridgehead atoms. The van der Waals surface area contributed by atoms with Crippen LogP contribution in [0.4, 0.5) is 0 Å². The molecule has 1 fully saturated rings. The molecule has 1 aromatic heterocycles. The molecule has 4 rings (SSSR count). The zero-order chi connectivity index (χ0) is 26.4. The molecule has 1 unspecified atom stereocenters. The molecule has 0 spiro atoms. The minimum atomic E-state index is -0.814. The number of likely N-dealkylation sites (tertiary alicyclic amines) is 1. The van der Waals surface area contributed by atoms with E-state index in [4.69, 9.17) is 21.1 Å². The van der Waals surface area contributed by atoms with Gasteiger partial charge in [-0.25, -0.2) is 4.98 Å². The molecule has 1 aliphatic rings. The SMILES string of the molecule is C=CCOc1ccc(C2/C(=C(\O)c3ccc(Cl)cc3)C(=O)C(=O)N2CCCn2ccnc2)cc1OCC. The number of rotatable bonds is 11. The van der Waals surface area contributed by atoms with Gasteiger partial charge in [0.25, 0.3) is 11.7 Å². The van der Waals surface area contributed by atoms with Gasteiger partial charge < -0.3 is 24.0 Å². The summed E-state index contributed by atoms with van der Waals surface area (Å²) < 4.78 is 13.4. The number of ether oxygens (including phenoxy) is 2. The number of imidazole rings is 1. The first-order chi connectivity index (χ1) is 17.9. The molecule has 192 valence electrons. The second-order valence-electron chi connectivity index (χ2n) is 8.39. The van der Waals surface area contributed by atoms with Crippen molar-refractivity contribution < 1.29 is 24.2 Å². The van der Waals surface area contributed by atoms with Crippen molar-refractivity contribution in [3.05, 3.63) is 95.6 Å². The van der Waals surface area contributed by atoms with Crippen LogP contribution in [0.25, 0.3) is 5.76 Å². The number of aromatic nitrogens is 2. The van der Waals surface area contributed by atoms with E-state index in [-0.39, 0.29) is 11.3 Å². The lowest BCUT2D eigenvalue weighted by atomic mass is 9.95. The minimum absolute atomic E-state index is 0.0113. The predicted octanol–water partition coefficient (Wildman–Crippen LogP) is 5.01. The van der Waals surface area contributed by atoms with Crippen LogP contribution in [0, 0.1) is 0 Å². The third-order valence-electron chi connectivity index (χ3n) is 5.97. The van der Waals surface area contributed by atoms with E-state index in [0.29, 0.717) is 60.4 Å². The van der Waals surface area contributed by atoms with Crippen LogP contribution < -0.4 is 9.47 Å². The van der Waals surface area contributed by atoms with E-state index in [1.807, 2.05) is 17.7 Å². The van der Waals surface area contributed by atoms with Crippen molar-refractivity contribution in [2.24, 2.45) is 0 Å². The number of carbonyl (C=O) groups is 2. The Morgan fingerprint density at radius 1 is 1.14 bits per heavy atom. The lowest BCUT2D eigenvalue weighted by Crippen LogP contribution is -2.31. The molecular weight excluding hydrogens is 494 g/mol. The molecule has 0 radical (unpaired) electrons. The maximum absolute atomic E-state index is 13.3. The molecule has 2 aromatic carbocycles. The van der Waals surface area contributed by atoms with E-state index in [9.17, 15) is 14.7 Å². The third kappa shape index (κ3) is 5.70. The number of Topliss-reactive ketones (excluding diaryl/α,β-unsaturated/α-hetero) is 1. The van der Waals surface area contributed by atoms with Crippen LogP contribution in [-0.4, -0.2) is 51.0 Å². The zero-order valence-electron chi connectivity index (χ0n) is 20.5. The maximum Gasteiger partial charge on any atom is 0.295 e. The number of halogens is 1. The molecule has 8 nitrogen and oxygen atoms in total. The number of carbonyl (C=O) groups excluding carboxylic acids is 2. The number of aliphatic hydroxyl groups excluding tert-OH is 1. The molecule has 37 heavy (non-hydrogen) atoms. The van der Waals surface area contributed by atoms with Crippen molar-refractivity contribution in [2.75, 3.05) is 19.8 Å². The highest BCUT2D eigenvalue weighted by atomic mass is 35.5. The summed E-state index contributed by atoms with van der Waals surface area (Å²) in [7, 11) is 0. The standard InChI is InChI=1S/C28H28ClN3O5/c1-3-16-37-22-11-8-20(17-23(22)36-4-2)25-24(26(33)19-6-9-21(29)10-7-19)27(34)28(35)32(25)14-5-13-31-15-12-30-18-31/h3,6-12,15,17-18,25,33H,1,4-5,13-14,16H2,2H3/b26-24+. The molecule has 0 aliphatic carbocycles. The average molecular weight is 522 g/mol. The summed E-state index contributed by atoms with van der Waals surface area (Å²) in [6, 6.07) is 10.9. The summed E-state index contributed by atoms with van der Waals surface area (Å²) in [4.78, 5) is 32.0. The number of hydrogen-bond donors (Lipinski definition) is 1. The highest BCUT2D eigenvalue weighted by molar-refractivity contribution is 6.46. The summed E-state index contributed by atoms with van der Waals surface area (Å²) in [5.74, 6) is -0.694. The molecule has 0 saturated carbocycles. The van der Waals surface area contributed by atoms with Crippen LogP contribution in [0.3, 0.4) is 0 Å². The van der Waals surface area contributed by atoms with Crippen LogP contribution in [-0.2, 0) is 16.1 Å². The Morgan fingerprint density at radius 2 is 1.92 bits per heavy atom. The lowest BCUT2D eigenvalue weighted by molar-refractivity contribution is -0.139. The van der Waals surface area contributed by atoms with Crippen LogP contribution in [0.1, 0.15) is 30.5 Å². The van der Waals surface area contributed by atoms with E-state index < -0.39 is 17.7 Å². The smallest absolute Gasteiger partial charge is 0.295 e. The van der Waals surface area contributed by atoms with Gasteiger partial charge in [-0.2, -0.15) is 0 Å². The quantitative estimate of drug-likeness (QED) is 0.165. The summed E-state index contributed by atoms with van der Waals surface area (Å²) in [5, 5.41) is 11.7. The number of hydrogen-bond acceptors (Lipinski definition) is 6. The van der Waals surface area contributed by atoms with E-state index in [1.165, 1.54) is 4.90 Å². The van der Waals surface area contributed by atoms with Gasteiger partial charge in [-0.15, -0.1) is 0 Å². The van der Waals surface area contributed by atoms with E-state index in [2.05, 4.69) is 11.6 Å². The number of amides is 1. The Balaban J connectivity index is 1.77. The van der Waals surface area contributed by atoms with Crippen LogP contribution >= 0.6 is 11.6 Å². The van der Waals surface area contributed by atoms with E-state index in [0.717, 1.165) is 0 Å². The van der Waals surface area contributed by atoms with Crippen molar-refractivity contribution in [3.63, 3.8) is 0 Å². The fourth-order valence-corrected chi connectivity index (χ4v) is 4.42. The summed E-state index contributed by atoms with van der Waals surface area (Å²) in [5.41, 5.74) is 1.02. The second kappa shape index (κ2) is 11.8. The van der Waals surface area contributed by atoms with Gasteiger partial charge in [-0.1, -0.05) is 30.3 Å². The molecule has 1 amide bonds. The first-order valence-corrected chi connectivity index (χ1v) is 12.3. The van der Waals surface area contributed by atoms with Crippen LogP contribution in [0.5, 0.6) is 11.5 Å². The fraction of sp³-hybridized carbons (Fsp3) is 0.250. The van der Waals surface area contributed by atoms with Gasteiger partial charge in [0, 0.05) is 36.1 Å². The number of ketones is 1. The summed E-state index contributed by atoms with van der Waals surface area (Å²) in [6.45, 7) is 7.13. The topological polar surface area (TPSA) is 93.9 Å². The monoisotopic (exact) mass is 521 g/mol. The molecule has 9 heteroatoms. The largest absolute Gasteiger partial charge is 0.507 e. The molecule has 2 heterocycles. The predicted molar refractivity (Wildman–Crippen MR) is 141 cm³/mol. The highest BCUT2D eigenvalue weighted by Gasteiger charge is 2.46. The summed E-state index contributed by atoms with van der Waals surface area (Å²) in [6.07, 6.45) is 7.43. The Morgan fingerprint density at radius 3 is 2.59 bits per heavy atom. The zero-order valence-corrected chi connectivity index (χ0v) is 21.2. The molecule has 1 saturated heterocycles. The van der Waals surface area contributed by atoms with Gasteiger partial charge in [0.15, 0.2) is 11.5 Å². The molecular formula is C28H28ClN3O5. The second-order valence-corrected chi connectivity index (χ2v) is 8.83. The van der Waals surface area contributed by atoms with Crippen molar-refractivity contribution in [1.82, 2.24) is 14.5 Å². The first-order valence-electron chi connectivity index (χ1n) is 11.9. The van der Waals surface area contributed by atoms with E-state index in [1.54, 1.807) is 61.1 Å². The van der Waals surface area contributed by atoms with Gasteiger partial charge in [-0.3, -0.25) is 9.59 Å². The molecule has 3 aromatic rings. The maximum atomic E-state index is 13.3. The number of aliphatic hydroxyl groups is 1. The van der Waals surface area contributed by atoms with Gasteiger partial charge in [0.05, 0.1) is 24.5 Å². The van der Waals surface area contributed by atoms with Gasteiger partial charge in [-0.05, 0) is 55.3 Å². The minimum Gasteiger partial charge on any atom is -0.507 e. The highest BCUT2D eigenvalue weighted by Crippen LogP contribution is 2.42. The van der Waals surface area contributed by atoms with Gasteiger partial charge >= 0.3 is 0 Å². The first kappa shape index (κ1) is 26.0. The molecule has 1 N–H and O–H groups in total. The van der Waals surface area contributed by atoms with Crippen molar-refractivity contribution in [3.8, 4) is 11.5 Å². The lowest BCUT2D eigenvalue weighted by Gasteiger charge is -2.26. The molecule has 1 aliphatic heterocycles. The van der Waals surface area contributed by atoms with Gasteiger partial charge in [0.2, 0.25) is 0 Å². The molecule has 1 atom stereocenters. The van der Waals surface area contributed by atoms with E-state index >= 15 is 0 Å². The van der Waals surface area contributed by atoms with Crippen molar-refractivity contribution in [1.29, 1.82) is 0 Å². The number of benzene rings is 2. The van der Waals surface area contributed by atoms with Crippen LogP contribution in [0.2, 0.25) is 5.02 Å². The normalized spacial score (nSPS) is 16.7. The van der Waals surface area contributed by atoms with Crippen LogP contribution in [0.15, 0.2) is 79.4 Å². The third-order valence-corrected chi connectivity index (χ3v) is 6.22.